The van der Waals surface area contributed by atoms with E-state index in [1.54, 1.807) is 11.8 Å². The zero-order valence-electron chi connectivity index (χ0n) is 15.6. The Bertz CT molecular complexity index is 925. The third kappa shape index (κ3) is 5.12. The van der Waals surface area contributed by atoms with Crippen LogP contribution < -0.4 is 5.32 Å². The minimum atomic E-state index is -3.49. The summed E-state index contributed by atoms with van der Waals surface area (Å²) >= 11 is 1.56. The van der Waals surface area contributed by atoms with Crippen molar-refractivity contribution in [1.29, 1.82) is 0 Å². The van der Waals surface area contributed by atoms with E-state index in [0.29, 0.717) is 31.5 Å². The molecule has 0 atom stereocenters. The molecule has 0 aliphatic carbocycles. The zero-order valence-corrected chi connectivity index (χ0v) is 17.2. The highest BCUT2D eigenvalue weighted by Crippen LogP contribution is 2.27. The van der Waals surface area contributed by atoms with Gasteiger partial charge in [-0.15, -0.1) is 11.8 Å². The van der Waals surface area contributed by atoms with Crippen molar-refractivity contribution in [3.8, 4) is 0 Å². The van der Waals surface area contributed by atoms with Gasteiger partial charge in [0.2, 0.25) is 15.9 Å². The Morgan fingerprint density at radius 3 is 2.43 bits per heavy atom. The van der Waals surface area contributed by atoms with Crippen LogP contribution >= 0.6 is 11.8 Å². The second-order valence-corrected chi connectivity index (χ2v) is 9.56. The maximum Gasteiger partial charge on any atom is 0.227 e. The van der Waals surface area contributed by atoms with Gasteiger partial charge in [-0.25, -0.2) is 17.1 Å². The summed E-state index contributed by atoms with van der Waals surface area (Å²) in [6, 6.07) is 13.1. The molecule has 150 valence electrons. The Hall–Kier alpha value is -1.90. The number of hydrogen-bond donors (Lipinski definition) is 1. The predicted octanol–water partition coefficient (Wildman–Crippen LogP) is 3.73. The van der Waals surface area contributed by atoms with Crippen LogP contribution in [0.5, 0.6) is 0 Å². The lowest BCUT2D eigenvalue weighted by atomic mass is 9.97. The molecule has 0 radical (unpaired) electrons. The molecule has 28 heavy (non-hydrogen) atoms. The van der Waals surface area contributed by atoms with Crippen molar-refractivity contribution in [2.24, 2.45) is 5.92 Å². The van der Waals surface area contributed by atoms with E-state index in [2.05, 4.69) is 5.32 Å². The molecule has 1 aliphatic heterocycles. The molecule has 1 heterocycles. The van der Waals surface area contributed by atoms with Crippen molar-refractivity contribution < 1.29 is 17.6 Å². The van der Waals surface area contributed by atoms with E-state index >= 15 is 0 Å². The van der Waals surface area contributed by atoms with Crippen molar-refractivity contribution in [3.05, 3.63) is 59.9 Å². The van der Waals surface area contributed by atoms with Crippen LogP contribution in [0.1, 0.15) is 18.4 Å². The SMILES string of the molecule is CSc1ccccc1NC(=O)C1CCN(S(=O)(=O)Cc2ccc(F)cc2)CC1. The van der Waals surface area contributed by atoms with Crippen LogP contribution in [0.15, 0.2) is 53.4 Å². The molecule has 0 spiro atoms. The number of thioether (sulfide) groups is 1. The first-order valence-electron chi connectivity index (χ1n) is 9.05. The van der Waals surface area contributed by atoms with Crippen LogP contribution in [0.4, 0.5) is 10.1 Å². The Morgan fingerprint density at radius 1 is 1.14 bits per heavy atom. The molecule has 1 amide bonds. The summed E-state index contributed by atoms with van der Waals surface area (Å²) in [5.41, 5.74) is 1.33. The number of carbonyl (C=O) groups excluding carboxylic acids is 1. The summed E-state index contributed by atoms with van der Waals surface area (Å²) in [5.74, 6) is -0.842. The van der Waals surface area contributed by atoms with Crippen LogP contribution in [0.25, 0.3) is 0 Å². The van der Waals surface area contributed by atoms with Crippen LogP contribution in [0.3, 0.4) is 0 Å². The predicted molar refractivity (Wildman–Crippen MR) is 110 cm³/mol. The van der Waals surface area contributed by atoms with Gasteiger partial charge in [0, 0.05) is 23.9 Å². The molecule has 8 heteroatoms. The van der Waals surface area contributed by atoms with Crippen LogP contribution in [-0.4, -0.2) is 38.0 Å². The first-order valence-corrected chi connectivity index (χ1v) is 11.9. The maximum atomic E-state index is 13.0. The van der Waals surface area contributed by atoms with E-state index in [1.807, 2.05) is 30.5 Å². The largest absolute Gasteiger partial charge is 0.325 e. The van der Waals surface area contributed by atoms with Crippen LogP contribution in [0.2, 0.25) is 0 Å². The normalized spacial score (nSPS) is 16.1. The summed E-state index contributed by atoms with van der Waals surface area (Å²) in [6.45, 7) is 0.623. The van der Waals surface area contributed by atoms with E-state index in [0.717, 1.165) is 10.6 Å². The fraction of sp³-hybridized carbons (Fsp3) is 0.350. The molecule has 1 fully saturated rings. The molecule has 2 aromatic rings. The Balaban J connectivity index is 1.57. The van der Waals surface area contributed by atoms with Crippen molar-refractivity contribution in [2.45, 2.75) is 23.5 Å². The lowest BCUT2D eigenvalue weighted by Crippen LogP contribution is -2.41. The van der Waals surface area contributed by atoms with Crippen LogP contribution in [0, 0.1) is 11.7 Å². The average Bonchev–Trinajstić information content (AvgIpc) is 2.70. The minimum absolute atomic E-state index is 0.0721. The fourth-order valence-corrected chi connectivity index (χ4v) is 5.38. The van der Waals surface area contributed by atoms with Gasteiger partial charge >= 0.3 is 0 Å². The van der Waals surface area contributed by atoms with Crippen molar-refractivity contribution in [2.75, 3.05) is 24.7 Å². The van der Waals surface area contributed by atoms with Gasteiger partial charge in [-0.05, 0) is 48.9 Å². The van der Waals surface area contributed by atoms with Gasteiger partial charge in [0.1, 0.15) is 5.82 Å². The smallest absolute Gasteiger partial charge is 0.227 e. The molecular formula is C20H23FN2O3S2. The standard InChI is InChI=1S/C20H23FN2O3S2/c1-27-19-5-3-2-4-18(19)22-20(24)16-10-12-23(13-11-16)28(25,26)14-15-6-8-17(21)9-7-15/h2-9,16H,10-14H2,1H3,(H,22,24). The zero-order chi connectivity index (χ0) is 20.1. The number of rotatable bonds is 6. The number of hydrogen-bond acceptors (Lipinski definition) is 4. The first kappa shape index (κ1) is 20.8. The number of benzene rings is 2. The summed E-state index contributed by atoms with van der Waals surface area (Å²) < 4.78 is 39.7. The van der Waals surface area contributed by atoms with Crippen LogP contribution in [-0.2, 0) is 20.6 Å². The summed E-state index contributed by atoms with van der Waals surface area (Å²) in [5, 5.41) is 2.97. The number of sulfonamides is 1. The number of halogens is 1. The number of anilines is 1. The lowest BCUT2D eigenvalue weighted by molar-refractivity contribution is -0.120. The number of amides is 1. The molecule has 0 unspecified atom stereocenters. The third-order valence-corrected chi connectivity index (χ3v) is 7.49. The number of nitrogens with zero attached hydrogens (tertiary/aromatic N) is 1. The van der Waals surface area contributed by atoms with Gasteiger partial charge in [-0.1, -0.05) is 24.3 Å². The molecule has 5 nitrogen and oxygen atoms in total. The second-order valence-electron chi connectivity index (χ2n) is 6.75. The lowest BCUT2D eigenvalue weighted by Gasteiger charge is -2.30. The summed E-state index contributed by atoms with van der Waals surface area (Å²) in [4.78, 5) is 13.6. The van der Waals surface area contributed by atoms with Gasteiger partial charge in [0.25, 0.3) is 0 Å². The molecule has 1 N–H and O–H groups in total. The number of nitrogens with one attached hydrogen (secondary N) is 1. The quantitative estimate of drug-likeness (QED) is 0.721. The number of piperidine rings is 1. The minimum Gasteiger partial charge on any atom is -0.325 e. The topological polar surface area (TPSA) is 66.5 Å². The Labute approximate surface area is 169 Å². The number of carbonyl (C=O) groups is 1. The van der Waals surface area contributed by atoms with E-state index in [1.165, 1.54) is 28.6 Å². The molecule has 0 bridgehead atoms. The molecule has 2 aromatic carbocycles. The molecule has 0 saturated carbocycles. The average molecular weight is 423 g/mol. The fourth-order valence-electron chi connectivity index (χ4n) is 3.26. The Morgan fingerprint density at radius 2 is 1.79 bits per heavy atom. The molecule has 1 aliphatic rings. The van der Waals surface area contributed by atoms with E-state index in [9.17, 15) is 17.6 Å². The van der Waals surface area contributed by atoms with E-state index in [4.69, 9.17) is 0 Å². The number of para-hydroxylation sites is 1. The molecule has 3 rings (SSSR count). The van der Waals surface area contributed by atoms with Crippen molar-refractivity contribution in [3.63, 3.8) is 0 Å². The molecule has 0 aromatic heterocycles. The van der Waals surface area contributed by atoms with Gasteiger partial charge in [0.05, 0.1) is 11.4 Å². The van der Waals surface area contributed by atoms with Crippen molar-refractivity contribution in [1.82, 2.24) is 4.31 Å². The van der Waals surface area contributed by atoms with E-state index in [-0.39, 0.29) is 17.6 Å². The Kier molecular flexibility index (Phi) is 6.74. The third-order valence-electron chi connectivity index (χ3n) is 4.85. The van der Waals surface area contributed by atoms with Gasteiger partial charge in [0.15, 0.2) is 0 Å². The maximum absolute atomic E-state index is 13.0. The van der Waals surface area contributed by atoms with Gasteiger partial charge in [-0.3, -0.25) is 4.79 Å². The first-order chi connectivity index (χ1) is 13.4. The van der Waals surface area contributed by atoms with Gasteiger partial charge < -0.3 is 5.32 Å². The summed E-state index contributed by atoms with van der Waals surface area (Å²) in [6.07, 6.45) is 2.92. The molecular weight excluding hydrogens is 399 g/mol. The monoisotopic (exact) mass is 422 g/mol. The van der Waals surface area contributed by atoms with Crippen molar-refractivity contribution >= 4 is 33.4 Å². The molecule has 1 saturated heterocycles. The highest BCUT2D eigenvalue weighted by atomic mass is 32.2. The highest BCUT2D eigenvalue weighted by molar-refractivity contribution is 7.98. The van der Waals surface area contributed by atoms with Gasteiger partial charge in [-0.2, -0.15) is 0 Å². The summed E-state index contributed by atoms with van der Waals surface area (Å²) in [7, 11) is -3.49. The van der Waals surface area contributed by atoms with E-state index < -0.39 is 15.8 Å². The highest BCUT2D eigenvalue weighted by Gasteiger charge is 2.31. The second kappa shape index (κ2) is 9.07.